The van der Waals surface area contributed by atoms with E-state index in [4.69, 9.17) is 5.11 Å². The minimum absolute atomic E-state index is 0.111. The Labute approximate surface area is 123 Å². The average Bonchev–Trinajstić information content (AvgIpc) is 2.88. The van der Waals surface area contributed by atoms with E-state index >= 15 is 0 Å². The molecule has 21 heavy (non-hydrogen) atoms. The second kappa shape index (κ2) is 5.87. The van der Waals surface area contributed by atoms with Crippen LogP contribution in [0.5, 0.6) is 0 Å². The van der Waals surface area contributed by atoms with Crippen molar-refractivity contribution in [1.82, 2.24) is 9.29 Å². The van der Waals surface area contributed by atoms with Crippen LogP contribution in [-0.2, 0) is 14.8 Å². The number of benzene rings is 1. The molecule has 0 aliphatic heterocycles. The minimum Gasteiger partial charge on any atom is -0.480 e. The van der Waals surface area contributed by atoms with Crippen molar-refractivity contribution in [3.63, 3.8) is 0 Å². The number of rotatable bonds is 6. The topological polar surface area (TPSA) is 90.5 Å². The summed E-state index contributed by atoms with van der Waals surface area (Å²) in [5.74, 6) is -1.17. The van der Waals surface area contributed by atoms with E-state index in [1.54, 1.807) is 31.2 Å². The van der Waals surface area contributed by atoms with Gasteiger partial charge in [0, 0.05) is 23.1 Å². The molecule has 0 radical (unpaired) electrons. The molecular formula is C14H18N2O4S. The maximum Gasteiger partial charge on any atom is 0.318 e. The van der Waals surface area contributed by atoms with Crippen LogP contribution in [0.4, 0.5) is 0 Å². The van der Waals surface area contributed by atoms with Gasteiger partial charge in [0.05, 0.1) is 0 Å². The third-order valence-electron chi connectivity index (χ3n) is 3.51. The Bertz CT molecular complexity index is 751. The number of para-hydroxylation sites is 1. The van der Waals surface area contributed by atoms with Crippen LogP contribution < -0.4 is 0 Å². The quantitative estimate of drug-likeness (QED) is 0.854. The summed E-state index contributed by atoms with van der Waals surface area (Å²) in [6.07, 6.45) is 1.95. The largest absolute Gasteiger partial charge is 0.480 e. The Hall–Kier alpha value is -1.86. The number of aliphatic carboxylic acids is 1. The zero-order chi connectivity index (χ0) is 15.6. The minimum atomic E-state index is -3.87. The Morgan fingerprint density at radius 3 is 2.67 bits per heavy atom. The van der Waals surface area contributed by atoms with Crippen LogP contribution in [0.25, 0.3) is 10.9 Å². The molecule has 0 saturated heterocycles. The normalized spacial score (nSPS) is 13.7. The third-order valence-corrected chi connectivity index (χ3v) is 5.51. The molecule has 7 heteroatoms. The van der Waals surface area contributed by atoms with Gasteiger partial charge < -0.3 is 10.1 Å². The van der Waals surface area contributed by atoms with Gasteiger partial charge in [-0.2, -0.15) is 4.31 Å². The van der Waals surface area contributed by atoms with E-state index in [2.05, 4.69) is 4.98 Å². The molecule has 2 N–H and O–H groups in total. The number of nitrogens with zero attached hydrogens (tertiary/aromatic N) is 1. The van der Waals surface area contributed by atoms with Crippen molar-refractivity contribution < 1.29 is 18.3 Å². The molecule has 6 nitrogen and oxygen atoms in total. The summed E-state index contributed by atoms with van der Waals surface area (Å²) in [6.45, 7) is 2.98. The molecule has 0 saturated carbocycles. The predicted octanol–water partition coefficient (Wildman–Crippen LogP) is 2.04. The number of fused-ring (bicyclic) bond motifs is 1. The number of carboxylic acids is 1. The molecule has 2 aromatic rings. The van der Waals surface area contributed by atoms with Crippen LogP contribution in [0.3, 0.4) is 0 Å². The summed E-state index contributed by atoms with van der Waals surface area (Å²) >= 11 is 0. The third kappa shape index (κ3) is 2.93. The fourth-order valence-corrected chi connectivity index (χ4v) is 4.02. The zero-order valence-electron chi connectivity index (χ0n) is 11.9. The summed E-state index contributed by atoms with van der Waals surface area (Å²) < 4.78 is 26.6. The van der Waals surface area contributed by atoms with Gasteiger partial charge in [0.25, 0.3) is 0 Å². The number of hydrogen-bond acceptors (Lipinski definition) is 3. The molecule has 114 valence electrons. The molecule has 1 heterocycles. The second-order valence-electron chi connectivity index (χ2n) is 4.90. The SMILES string of the molecule is CCC(C)N(CC(=O)O)S(=O)(=O)c1c[nH]c2ccccc12. The van der Waals surface area contributed by atoms with E-state index in [9.17, 15) is 13.2 Å². The van der Waals surface area contributed by atoms with Gasteiger partial charge in [-0.15, -0.1) is 0 Å². The summed E-state index contributed by atoms with van der Waals surface area (Å²) in [5.41, 5.74) is 0.704. The molecule has 1 atom stereocenters. The molecule has 0 aliphatic rings. The lowest BCUT2D eigenvalue weighted by Gasteiger charge is -2.25. The van der Waals surface area contributed by atoms with Crippen LogP contribution in [-0.4, -0.2) is 41.4 Å². The predicted molar refractivity (Wildman–Crippen MR) is 79.6 cm³/mol. The Balaban J connectivity index is 2.54. The van der Waals surface area contributed by atoms with Crippen LogP contribution in [0, 0.1) is 0 Å². The smallest absolute Gasteiger partial charge is 0.318 e. The lowest BCUT2D eigenvalue weighted by atomic mass is 10.2. The number of aromatic nitrogens is 1. The molecule has 2 rings (SSSR count). The van der Waals surface area contributed by atoms with Gasteiger partial charge in [0.15, 0.2) is 0 Å². The van der Waals surface area contributed by atoms with Crippen LogP contribution >= 0.6 is 0 Å². The van der Waals surface area contributed by atoms with E-state index in [1.807, 2.05) is 6.92 Å². The number of carbonyl (C=O) groups is 1. The number of hydrogen-bond donors (Lipinski definition) is 2. The summed E-state index contributed by atoms with van der Waals surface area (Å²) in [5, 5.41) is 9.55. The standard InChI is InChI=1S/C14H18N2O4S/c1-3-10(2)16(9-14(17)18)21(19,20)13-8-15-12-7-5-4-6-11(12)13/h4-8,10,15H,3,9H2,1-2H3,(H,17,18). The highest BCUT2D eigenvalue weighted by Crippen LogP contribution is 2.27. The zero-order valence-corrected chi connectivity index (χ0v) is 12.7. The molecule has 1 aromatic heterocycles. The average molecular weight is 310 g/mol. The van der Waals surface area contributed by atoms with E-state index in [-0.39, 0.29) is 10.9 Å². The van der Waals surface area contributed by atoms with Gasteiger partial charge >= 0.3 is 5.97 Å². The monoisotopic (exact) mass is 310 g/mol. The second-order valence-corrected chi connectivity index (χ2v) is 6.76. The lowest BCUT2D eigenvalue weighted by molar-refractivity contribution is -0.137. The lowest BCUT2D eigenvalue weighted by Crippen LogP contribution is -2.41. The highest BCUT2D eigenvalue weighted by molar-refractivity contribution is 7.89. The molecule has 0 aliphatic carbocycles. The van der Waals surface area contributed by atoms with E-state index < -0.39 is 22.5 Å². The van der Waals surface area contributed by atoms with Gasteiger partial charge in [-0.3, -0.25) is 4.79 Å². The number of sulfonamides is 1. The molecular weight excluding hydrogens is 292 g/mol. The van der Waals surface area contributed by atoms with Gasteiger partial charge in [0.1, 0.15) is 11.4 Å². The van der Waals surface area contributed by atoms with Crippen LogP contribution in [0.1, 0.15) is 20.3 Å². The highest BCUT2D eigenvalue weighted by Gasteiger charge is 2.32. The van der Waals surface area contributed by atoms with Crippen molar-refractivity contribution in [3.05, 3.63) is 30.5 Å². The maximum atomic E-state index is 12.8. The number of H-pyrrole nitrogens is 1. The van der Waals surface area contributed by atoms with E-state index in [1.165, 1.54) is 6.20 Å². The Kier molecular flexibility index (Phi) is 4.34. The van der Waals surface area contributed by atoms with E-state index in [0.717, 1.165) is 4.31 Å². The number of carboxylic acid groups (broad SMARTS) is 1. The first-order chi connectivity index (χ1) is 9.87. The van der Waals surface area contributed by atoms with Gasteiger partial charge in [-0.05, 0) is 19.4 Å². The van der Waals surface area contributed by atoms with Crippen molar-refractivity contribution in [1.29, 1.82) is 0 Å². The number of nitrogens with one attached hydrogen (secondary N) is 1. The van der Waals surface area contributed by atoms with Crippen molar-refractivity contribution in [3.8, 4) is 0 Å². The van der Waals surface area contributed by atoms with Crippen molar-refractivity contribution in [2.45, 2.75) is 31.2 Å². The number of aromatic amines is 1. The van der Waals surface area contributed by atoms with Gasteiger partial charge in [0.2, 0.25) is 10.0 Å². The van der Waals surface area contributed by atoms with Crippen LogP contribution in [0.2, 0.25) is 0 Å². The molecule has 0 bridgehead atoms. The fourth-order valence-electron chi connectivity index (χ4n) is 2.20. The molecule has 1 unspecified atom stereocenters. The first-order valence-electron chi connectivity index (χ1n) is 6.67. The maximum absolute atomic E-state index is 12.8. The summed E-state index contributed by atoms with van der Waals surface area (Å²) in [6, 6.07) is 6.64. The summed E-state index contributed by atoms with van der Waals surface area (Å²) in [7, 11) is -3.87. The highest BCUT2D eigenvalue weighted by atomic mass is 32.2. The molecule has 0 fully saturated rings. The van der Waals surface area contributed by atoms with E-state index in [0.29, 0.717) is 17.3 Å². The fraction of sp³-hybridized carbons (Fsp3) is 0.357. The summed E-state index contributed by atoms with van der Waals surface area (Å²) in [4.78, 5) is 14.0. The molecule has 1 aromatic carbocycles. The Morgan fingerprint density at radius 2 is 2.05 bits per heavy atom. The van der Waals surface area contributed by atoms with Crippen molar-refractivity contribution in [2.75, 3.05) is 6.54 Å². The van der Waals surface area contributed by atoms with Crippen LogP contribution in [0.15, 0.2) is 35.4 Å². The van der Waals surface area contributed by atoms with Gasteiger partial charge in [-0.1, -0.05) is 25.1 Å². The van der Waals surface area contributed by atoms with Crippen molar-refractivity contribution in [2.24, 2.45) is 0 Å². The Morgan fingerprint density at radius 1 is 1.38 bits per heavy atom. The molecule has 0 amide bonds. The molecule has 0 spiro atoms. The van der Waals surface area contributed by atoms with Crippen molar-refractivity contribution >= 4 is 26.9 Å². The first-order valence-corrected chi connectivity index (χ1v) is 8.11. The van der Waals surface area contributed by atoms with Gasteiger partial charge in [-0.25, -0.2) is 8.42 Å². The first kappa shape index (κ1) is 15.5.